The molecule has 0 bridgehead atoms. The second-order valence-corrected chi connectivity index (χ2v) is 6.37. The molecule has 1 aliphatic heterocycles. The lowest BCUT2D eigenvalue weighted by molar-refractivity contribution is 0.0388. The summed E-state index contributed by atoms with van der Waals surface area (Å²) in [6.07, 6.45) is 2.02. The highest BCUT2D eigenvalue weighted by molar-refractivity contribution is 7.80. The first-order chi connectivity index (χ1) is 11.1. The molecule has 0 unspecified atom stereocenters. The number of hydrogen-bond donors (Lipinski definition) is 2. The van der Waals surface area contributed by atoms with E-state index in [2.05, 4.69) is 66.5 Å². The zero-order valence-electron chi connectivity index (χ0n) is 14.9. The maximum atomic E-state index is 5.58. The standard InChI is InChI=1S/C18H30N4S/c1-5-14-10-9-11-15(6-2)17(14)20-18(23)19-16-12-21(7-3)22(8-4)13-16/h9-11,16H,5-8,12-13H2,1-4H3,(H2,19,20,23). The van der Waals surface area contributed by atoms with Crippen LogP contribution in [0.2, 0.25) is 0 Å². The van der Waals surface area contributed by atoms with Gasteiger partial charge in [0.25, 0.3) is 0 Å². The highest BCUT2D eigenvalue weighted by Crippen LogP contribution is 2.22. The van der Waals surface area contributed by atoms with Gasteiger partial charge >= 0.3 is 0 Å². The van der Waals surface area contributed by atoms with Gasteiger partial charge in [-0.15, -0.1) is 0 Å². The van der Waals surface area contributed by atoms with Crippen LogP contribution in [0.5, 0.6) is 0 Å². The highest BCUT2D eigenvalue weighted by Gasteiger charge is 2.28. The van der Waals surface area contributed by atoms with Gasteiger partial charge in [-0.1, -0.05) is 45.9 Å². The van der Waals surface area contributed by atoms with E-state index in [0.29, 0.717) is 6.04 Å². The van der Waals surface area contributed by atoms with Crippen LogP contribution in [-0.4, -0.2) is 47.4 Å². The molecule has 0 aliphatic carbocycles. The number of rotatable bonds is 6. The lowest BCUT2D eigenvalue weighted by Gasteiger charge is -2.24. The molecule has 0 radical (unpaired) electrons. The Balaban J connectivity index is 2.01. The Morgan fingerprint density at radius 1 is 1.04 bits per heavy atom. The van der Waals surface area contributed by atoms with E-state index in [1.165, 1.54) is 16.8 Å². The number of benzene rings is 1. The van der Waals surface area contributed by atoms with Gasteiger partial charge < -0.3 is 10.6 Å². The fourth-order valence-corrected chi connectivity index (χ4v) is 3.55. The van der Waals surface area contributed by atoms with Crippen molar-refractivity contribution in [1.29, 1.82) is 0 Å². The summed E-state index contributed by atoms with van der Waals surface area (Å²) in [5, 5.41) is 12.5. The summed E-state index contributed by atoms with van der Waals surface area (Å²) in [6.45, 7) is 12.9. The highest BCUT2D eigenvalue weighted by atomic mass is 32.1. The first-order valence-corrected chi connectivity index (χ1v) is 9.21. The van der Waals surface area contributed by atoms with Crippen LogP contribution in [-0.2, 0) is 12.8 Å². The van der Waals surface area contributed by atoms with E-state index in [0.717, 1.165) is 44.1 Å². The molecule has 128 valence electrons. The van der Waals surface area contributed by atoms with E-state index >= 15 is 0 Å². The molecule has 1 heterocycles. The largest absolute Gasteiger partial charge is 0.357 e. The summed E-state index contributed by atoms with van der Waals surface area (Å²) >= 11 is 5.58. The number of anilines is 1. The number of hydrogen-bond acceptors (Lipinski definition) is 3. The first-order valence-electron chi connectivity index (χ1n) is 8.80. The van der Waals surface area contributed by atoms with Crippen LogP contribution < -0.4 is 10.6 Å². The number of thiocarbonyl (C=S) groups is 1. The van der Waals surface area contributed by atoms with Gasteiger partial charge in [-0.2, -0.15) is 0 Å². The molecule has 4 nitrogen and oxygen atoms in total. The molecule has 0 aromatic heterocycles. The predicted octanol–water partition coefficient (Wildman–Crippen LogP) is 3.04. The minimum absolute atomic E-state index is 0.383. The first kappa shape index (κ1) is 18.2. The number of likely N-dealkylation sites (N-methyl/N-ethyl adjacent to an activating group) is 2. The predicted molar refractivity (Wildman–Crippen MR) is 103 cm³/mol. The van der Waals surface area contributed by atoms with E-state index in [9.17, 15) is 0 Å². The average molecular weight is 335 g/mol. The Kier molecular flexibility index (Phi) is 6.81. The molecule has 5 heteroatoms. The average Bonchev–Trinajstić information content (AvgIpc) is 2.96. The molecule has 0 spiro atoms. The van der Waals surface area contributed by atoms with Gasteiger partial charge in [0.05, 0.1) is 6.04 Å². The van der Waals surface area contributed by atoms with Crippen molar-refractivity contribution in [2.75, 3.05) is 31.5 Å². The van der Waals surface area contributed by atoms with Crippen molar-refractivity contribution in [3.8, 4) is 0 Å². The van der Waals surface area contributed by atoms with Crippen LogP contribution in [0, 0.1) is 0 Å². The number of nitrogens with zero attached hydrogens (tertiary/aromatic N) is 2. The quantitative estimate of drug-likeness (QED) is 0.781. The number of aryl methyl sites for hydroxylation is 2. The molecule has 1 aliphatic rings. The Morgan fingerprint density at radius 3 is 2.00 bits per heavy atom. The van der Waals surface area contributed by atoms with E-state index in [4.69, 9.17) is 12.2 Å². The molecule has 23 heavy (non-hydrogen) atoms. The fraction of sp³-hybridized carbons (Fsp3) is 0.611. The van der Waals surface area contributed by atoms with Gasteiger partial charge in [-0.05, 0) is 36.2 Å². The zero-order valence-corrected chi connectivity index (χ0v) is 15.7. The topological polar surface area (TPSA) is 30.5 Å². The van der Waals surface area contributed by atoms with Crippen LogP contribution in [0.4, 0.5) is 5.69 Å². The normalized spacial score (nSPS) is 16.7. The smallest absolute Gasteiger partial charge is 0.171 e. The van der Waals surface area contributed by atoms with Crippen LogP contribution in [0.15, 0.2) is 18.2 Å². The third kappa shape index (κ3) is 4.43. The molecule has 0 saturated carbocycles. The monoisotopic (exact) mass is 334 g/mol. The minimum Gasteiger partial charge on any atom is -0.357 e. The zero-order chi connectivity index (χ0) is 16.8. The summed E-state index contributed by atoms with van der Waals surface area (Å²) in [5.41, 5.74) is 3.84. The summed E-state index contributed by atoms with van der Waals surface area (Å²) in [6, 6.07) is 6.87. The van der Waals surface area contributed by atoms with Gasteiger partial charge in [0.1, 0.15) is 0 Å². The van der Waals surface area contributed by atoms with E-state index < -0.39 is 0 Å². The molecular weight excluding hydrogens is 304 g/mol. The molecule has 0 atom stereocenters. The molecular formula is C18H30N4S. The van der Waals surface area contributed by atoms with Crippen molar-refractivity contribution in [2.24, 2.45) is 0 Å². The Morgan fingerprint density at radius 2 is 1.57 bits per heavy atom. The third-order valence-electron chi connectivity index (χ3n) is 4.56. The SMILES string of the molecule is CCc1cccc(CC)c1NC(=S)NC1CN(CC)N(CC)C1. The van der Waals surface area contributed by atoms with Crippen LogP contribution in [0.1, 0.15) is 38.8 Å². The number of para-hydroxylation sites is 1. The molecule has 1 aromatic carbocycles. The van der Waals surface area contributed by atoms with Gasteiger partial charge in [0.15, 0.2) is 5.11 Å². The second kappa shape index (κ2) is 8.62. The van der Waals surface area contributed by atoms with Gasteiger partial charge in [0.2, 0.25) is 0 Å². The third-order valence-corrected chi connectivity index (χ3v) is 4.78. The van der Waals surface area contributed by atoms with E-state index in [1.54, 1.807) is 0 Å². The second-order valence-electron chi connectivity index (χ2n) is 5.96. The summed E-state index contributed by atoms with van der Waals surface area (Å²) < 4.78 is 0. The number of hydrazine groups is 1. The van der Waals surface area contributed by atoms with Crippen molar-refractivity contribution < 1.29 is 0 Å². The van der Waals surface area contributed by atoms with Crippen molar-refractivity contribution in [1.82, 2.24) is 15.3 Å². The van der Waals surface area contributed by atoms with Crippen LogP contribution >= 0.6 is 12.2 Å². The molecule has 1 fully saturated rings. The maximum absolute atomic E-state index is 5.58. The van der Waals surface area contributed by atoms with Crippen molar-refractivity contribution in [3.63, 3.8) is 0 Å². The lowest BCUT2D eigenvalue weighted by Crippen LogP contribution is -2.41. The Hall–Kier alpha value is -1.17. The Labute approximate surface area is 146 Å². The minimum atomic E-state index is 0.383. The van der Waals surface area contributed by atoms with Crippen LogP contribution in [0.25, 0.3) is 0 Å². The molecule has 2 N–H and O–H groups in total. The Bertz CT molecular complexity index is 498. The molecule has 2 rings (SSSR count). The van der Waals surface area contributed by atoms with Gasteiger partial charge in [0, 0.05) is 31.9 Å². The lowest BCUT2D eigenvalue weighted by atomic mass is 10.0. The van der Waals surface area contributed by atoms with E-state index in [-0.39, 0.29) is 0 Å². The number of nitrogens with one attached hydrogen (secondary N) is 2. The fourth-order valence-electron chi connectivity index (χ4n) is 3.29. The maximum Gasteiger partial charge on any atom is 0.171 e. The summed E-state index contributed by atoms with van der Waals surface area (Å²) in [5.74, 6) is 0. The molecule has 1 aromatic rings. The van der Waals surface area contributed by atoms with Crippen LogP contribution in [0.3, 0.4) is 0 Å². The van der Waals surface area contributed by atoms with Gasteiger partial charge in [-0.25, -0.2) is 10.0 Å². The van der Waals surface area contributed by atoms with Crippen molar-refractivity contribution >= 4 is 23.0 Å². The van der Waals surface area contributed by atoms with Crippen molar-refractivity contribution in [3.05, 3.63) is 29.3 Å². The van der Waals surface area contributed by atoms with Gasteiger partial charge in [-0.3, -0.25) is 0 Å². The van der Waals surface area contributed by atoms with Crippen molar-refractivity contribution in [2.45, 2.75) is 46.6 Å². The summed E-state index contributed by atoms with van der Waals surface area (Å²) in [4.78, 5) is 0. The summed E-state index contributed by atoms with van der Waals surface area (Å²) in [7, 11) is 0. The molecule has 1 saturated heterocycles. The molecule has 0 amide bonds. The van der Waals surface area contributed by atoms with E-state index in [1.807, 2.05) is 0 Å².